The molecule has 0 spiro atoms. The third-order valence-corrected chi connectivity index (χ3v) is 5.60. The molecule has 162 valence electrons. The minimum atomic E-state index is -0.628. The Morgan fingerprint density at radius 1 is 1.19 bits per heavy atom. The first-order chi connectivity index (χ1) is 14.8. The van der Waals surface area contributed by atoms with Crippen LogP contribution in [0, 0.1) is 3.57 Å². The van der Waals surface area contributed by atoms with E-state index in [2.05, 4.69) is 27.6 Å². The molecule has 0 saturated carbocycles. The van der Waals surface area contributed by atoms with E-state index in [-0.39, 0.29) is 6.54 Å². The summed E-state index contributed by atoms with van der Waals surface area (Å²) in [5.74, 6) is 0.596. The van der Waals surface area contributed by atoms with Crippen LogP contribution in [-0.4, -0.2) is 23.2 Å². The van der Waals surface area contributed by atoms with Crippen LogP contribution < -0.4 is 9.64 Å². The number of hydrogen-bond donors (Lipinski definition) is 0. The molecule has 0 atom stereocenters. The maximum Gasteiger partial charge on any atom is 0.415 e. The van der Waals surface area contributed by atoms with E-state index in [0.29, 0.717) is 18.0 Å². The Labute approximate surface area is 201 Å². The fourth-order valence-corrected chi connectivity index (χ4v) is 3.91. The number of fused-ring (bicyclic) bond motifs is 1. The number of ether oxygens (including phenoxy) is 2. The molecule has 0 bridgehead atoms. The van der Waals surface area contributed by atoms with Crippen molar-refractivity contribution >= 4 is 56.9 Å². The Balaban J connectivity index is 2.06. The molecule has 0 aliphatic heterocycles. The number of nitrogens with zero attached hydrogens (tertiary/aromatic N) is 2. The van der Waals surface area contributed by atoms with Crippen molar-refractivity contribution in [2.75, 3.05) is 11.4 Å². The lowest BCUT2D eigenvalue weighted by molar-refractivity contribution is 0.0584. The second kappa shape index (κ2) is 10.3. The summed E-state index contributed by atoms with van der Waals surface area (Å²) in [6, 6.07) is 15.6. The zero-order valence-electron chi connectivity index (χ0n) is 17.6. The van der Waals surface area contributed by atoms with Crippen LogP contribution in [0.4, 0.5) is 10.5 Å². The lowest BCUT2D eigenvalue weighted by Gasteiger charge is -2.28. The van der Waals surface area contributed by atoms with Crippen LogP contribution in [0.15, 0.2) is 66.3 Å². The number of carbonyl (C=O) groups excluding carboxylic acids is 1. The molecule has 0 fully saturated rings. The topological polar surface area (TPSA) is 51.7 Å². The number of carbonyl (C=O) groups is 1. The summed E-state index contributed by atoms with van der Waals surface area (Å²) in [7, 11) is 0. The molecule has 0 saturated heterocycles. The van der Waals surface area contributed by atoms with Crippen molar-refractivity contribution in [1.82, 2.24) is 4.98 Å². The SMILES string of the molecule is CC(C)(C)OC(=O)N(CC=CCl)c1cc(OCc2ccccc2)c2ncccc2c1I. The molecule has 0 unspecified atom stereocenters. The summed E-state index contributed by atoms with van der Waals surface area (Å²) in [6.45, 7) is 6.16. The molecule has 5 nitrogen and oxygen atoms in total. The van der Waals surface area contributed by atoms with Crippen LogP contribution >= 0.6 is 34.2 Å². The van der Waals surface area contributed by atoms with Gasteiger partial charge in [0, 0.05) is 33.3 Å². The zero-order valence-corrected chi connectivity index (χ0v) is 20.6. The second-order valence-electron chi connectivity index (χ2n) is 7.83. The number of rotatable bonds is 6. The van der Waals surface area contributed by atoms with Gasteiger partial charge in [-0.2, -0.15) is 0 Å². The van der Waals surface area contributed by atoms with E-state index in [9.17, 15) is 4.79 Å². The van der Waals surface area contributed by atoms with Crippen LogP contribution in [-0.2, 0) is 11.3 Å². The van der Waals surface area contributed by atoms with Crippen molar-refractivity contribution in [2.45, 2.75) is 33.0 Å². The first-order valence-electron chi connectivity index (χ1n) is 9.80. The molecular weight excluding hydrogens is 527 g/mol. The van der Waals surface area contributed by atoms with E-state index in [4.69, 9.17) is 21.1 Å². The molecule has 1 heterocycles. The molecule has 0 radical (unpaired) electrons. The molecule has 0 aliphatic rings. The van der Waals surface area contributed by atoms with Gasteiger partial charge < -0.3 is 9.47 Å². The average Bonchev–Trinajstić information content (AvgIpc) is 2.74. The molecule has 7 heteroatoms. The van der Waals surface area contributed by atoms with Gasteiger partial charge in [0.1, 0.15) is 23.5 Å². The van der Waals surface area contributed by atoms with Crippen LogP contribution in [0.3, 0.4) is 0 Å². The summed E-state index contributed by atoms with van der Waals surface area (Å²) >= 11 is 7.99. The number of hydrogen-bond acceptors (Lipinski definition) is 4. The fraction of sp³-hybridized carbons (Fsp3) is 0.250. The van der Waals surface area contributed by atoms with Gasteiger partial charge >= 0.3 is 6.09 Å². The van der Waals surface area contributed by atoms with E-state index in [0.717, 1.165) is 20.0 Å². The van der Waals surface area contributed by atoms with Gasteiger partial charge in [0.25, 0.3) is 0 Å². The highest BCUT2D eigenvalue weighted by Gasteiger charge is 2.26. The van der Waals surface area contributed by atoms with E-state index < -0.39 is 11.7 Å². The van der Waals surface area contributed by atoms with Crippen molar-refractivity contribution < 1.29 is 14.3 Å². The molecule has 3 rings (SSSR count). The number of pyridine rings is 1. The summed E-state index contributed by atoms with van der Waals surface area (Å²) in [5.41, 5.74) is 3.22. The largest absolute Gasteiger partial charge is 0.487 e. The normalized spacial score (nSPS) is 11.6. The van der Waals surface area contributed by atoms with Crippen molar-refractivity contribution in [3.8, 4) is 5.75 Å². The average molecular weight is 551 g/mol. The lowest BCUT2D eigenvalue weighted by atomic mass is 10.1. The smallest absolute Gasteiger partial charge is 0.415 e. The zero-order chi connectivity index (χ0) is 22.4. The monoisotopic (exact) mass is 550 g/mol. The summed E-state index contributed by atoms with van der Waals surface area (Å²) in [4.78, 5) is 19.1. The summed E-state index contributed by atoms with van der Waals surface area (Å²) in [5, 5.41) is 0.895. The molecule has 0 N–H and O–H groups in total. The van der Waals surface area contributed by atoms with E-state index in [1.54, 1.807) is 17.2 Å². The van der Waals surface area contributed by atoms with Crippen LogP contribution in [0.5, 0.6) is 5.75 Å². The van der Waals surface area contributed by atoms with Gasteiger partial charge in [0.15, 0.2) is 0 Å². The fourth-order valence-electron chi connectivity index (χ4n) is 2.95. The predicted octanol–water partition coefficient (Wildman–Crippen LogP) is 6.91. The van der Waals surface area contributed by atoms with Gasteiger partial charge in [-0.3, -0.25) is 9.88 Å². The highest BCUT2D eigenvalue weighted by Crippen LogP contribution is 2.37. The Hall–Kier alpha value is -2.32. The molecule has 1 aromatic heterocycles. The van der Waals surface area contributed by atoms with Gasteiger partial charge in [-0.25, -0.2) is 4.79 Å². The number of aromatic nitrogens is 1. The Morgan fingerprint density at radius 2 is 1.94 bits per heavy atom. The van der Waals surface area contributed by atoms with Crippen LogP contribution in [0.1, 0.15) is 26.3 Å². The van der Waals surface area contributed by atoms with Crippen LogP contribution in [0.2, 0.25) is 0 Å². The van der Waals surface area contributed by atoms with Crippen molar-refractivity contribution in [2.24, 2.45) is 0 Å². The van der Waals surface area contributed by atoms with Crippen molar-refractivity contribution in [3.05, 3.63) is 75.5 Å². The van der Waals surface area contributed by atoms with Crippen molar-refractivity contribution in [1.29, 1.82) is 0 Å². The third kappa shape index (κ3) is 6.11. The highest BCUT2D eigenvalue weighted by atomic mass is 127. The molecule has 3 aromatic rings. The molecular formula is C24H24ClIN2O3. The van der Waals surface area contributed by atoms with Gasteiger partial charge in [-0.05, 0) is 61.1 Å². The predicted molar refractivity (Wildman–Crippen MR) is 134 cm³/mol. The molecule has 2 aromatic carbocycles. The Bertz CT molecular complexity index is 1080. The standard InChI is InChI=1S/C24H24ClIN2O3/c1-24(2,3)31-23(29)28(14-8-12-25)19-15-20(30-16-17-9-5-4-6-10-17)22-18(21(19)26)11-7-13-27-22/h4-13,15H,14,16H2,1-3H3. The number of amides is 1. The van der Waals surface area contributed by atoms with E-state index in [1.165, 1.54) is 5.54 Å². The summed E-state index contributed by atoms with van der Waals surface area (Å²) in [6.07, 6.45) is 2.96. The second-order valence-corrected chi connectivity index (χ2v) is 9.17. The molecule has 31 heavy (non-hydrogen) atoms. The maximum absolute atomic E-state index is 13.0. The highest BCUT2D eigenvalue weighted by molar-refractivity contribution is 14.1. The molecule has 0 aliphatic carbocycles. The van der Waals surface area contributed by atoms with Gasteiger partial charge in [0.2, 0.25) is 0 Å². The Morgan fingerprint density at radius 3 is 2.61 bits per heavy atom. The summed E-state index contributed by atoms with van der Waals surface area (Å²) < 4.78 is 12.7. The van der Waals surface area contributed by atoms with E-state index in [1.807, 2.05) is 69.3 Å². The van der Waals surface area contributed by atoms with Gasteiger partial charge in [0.05, 0.1) is 5.69 Å². The first-order valence-corrected chi connectivity index (χ1v) is 11.3. The van der Waals surface area contributed by atoms with Gasteiger partial charge in [-0.1, -0.05) is 48.0 Å². The lowest BCUT2D eigenvalue weighted by Crippen LogP contribution is -2.37. The number of anilines is 1. The minimum Gasteiger partial charge on any atom is -0.487 e. The minimum absolute atomic E-state index is 0.262. The Kier molecular flexibility index (Phi) is 7.78. The van der Waals surface area contributed by atoms with E-state index >= 15 is 0 Å². The molecule has 1 amide bonds. The van der Waals surface area contributed by atoms with Gasteiger partial charge in [-0.15, -0.1) is 0 Å². The third-order valence-electron chi connectivity index (χ3n) is 4.29. The number of halogens is 2. The quantitative estimate of drug-likeness (QED) is 0.313. The first kappa shape index (κ1) is 23.3. The van der Waals surface area contributed by atoms with Crippen molar-refractivity contribution in [3.63, 3.8) is 0 Å². The van der Waals surface area contributed by atoms with Crippen LogP contribution in [0.25, 0.3) is 10.9 Å². The maximum atomic E-state index is 13.0. The number of benzene rings is 2.